The first-order valence-corrected chi connectivity index (χ1v) is 3.46. The van der Waals surface area contributed by atoms with E-state index in [0.717, 1.165) is 0 Å². The van der Waals surface area contributed by atoms with Crippen LogP contribution in [0.1, 0.15) is 10.4 Å². The molecule has 0 fully saturated rings. The normalized spacial score (nSPS) is 9.00. The molecular formula is C7H9N5O. The number of nitrogens with one attached hydrogen (secondary N) is 2. The standard InChI is InChI=1S/C7H9N5O/c1-9-12-6-3-2-5(4-10-6)7(13)11-8/h2-4H,1,8H2,(H,10,12)(H,11,13). The summed E-state index contributed by atoms with van der Waals surface area (Å²) in [6.07, 6.45) is 1.38. The maximum absolute atomic E-state index is 11.0. The maximum atomic E-state index is 11.0. The molecule has 0 saturated carbocycles. The predicted molar refractivity (Wildman–Crippen MR) is 49.1 cm³/mol. The number of hydrogen-bond acceptors (Lipinski definition) is 5. The SMILES string of the molecule is C=NNc1ccc(C(=O)NN)cn1. The van der Waals surface area contributed by atoms with Gasteiger partial charge < -0.3 is 0 Å². The van der Waals surface area contributed by atoms with Gasteiger partial charge in [0.25, 0.3) is 5.91 Å². The highest BCUT2D eigenvalue weighted by atomic mass is 16.2. The first-order chi connectivity index (χ1) is 6.27. The Morgan fingerprint density at radius 1 is 1.62 bits per heavy atom. The minimum absolute atomic E-state index is 0.384. The smallest absolute Gasteiger partial charge is 0.266 e. The second-order valence-electron chi connectivity index (χ2n) is 2.18. The molecule has 1 aromatic rings. The number of amides is 1. The van der Waals surface area contributed by atoms with Crippen molar-refractivity contribution < 1.29 is 4.79 Å². The lowest BCUT2D eigenvalue weighted by atomic mass is 10.3. The van der Waals surface area contributed by atoms with Gasteiger partial charge in [-0.25, -0.2) is 10.8 Å². The molecule has 0 aliphatic rings. The Bertz CT molecular complexity index is 307. The van der Waals surface area contributed by atoms with Crippen molar-refractivity contribution in [1.82, 2.24) is 10.4 Å². The molecule has 6 nitrogen and oxygen atoms in total. The Hall–Kier alpha value is -1.95. The molecule has 0 unspecified atom stereocenters. The van der Waals surface area contributed by atoms with Crippen molar-refractivity contribution in [3.63, 3.8) is 0 Å². The fourth-order valence-electron chi connectivity index (χ4n) is 0.759. The number of aromatic nitrogens is 1. The molecule has 1 rings (SSSR count). The van der Waals surface area contributed by atoms with Crippen LogP contribution in [0.15, 0.2) is 23.4 Å². The molecule has 1 aromatic heterocycles. The molecule has 0 aliphatic carbocycles. The number of hydrazine groups is 1. The lowest BCUT2D eigenvalue weighted by Gasteiger charge is -2.00. The molecule has 0 aliphatic heterocycles. The average molecular weight is 179 g/mol. The zero-order valence-corrected chi connectivity index (χ0v) is 6.82. The molecule has 1 heterocycles. The van der Waals surface area contributed by atoms with Gasteiger partial charge in [-0.3, -0.25) is 15.6 Å². The van der Waals surface area contributed by atoms with Crippen LogP contribution < -0.4 is 16.7 Å². The van der Waals surface area contributed by atoms with Crippen molar-refractivity contribution in [3.05, 3.63) is 23.9 Å². The van der Waals surface area contributed by atoms with Gasteiger partial charge in [-0.05, 0) is 12.1 Å². The summed E-state index contributed by atoms with van der Waals surface area (Å²) in [5.41, 5.74) is 4.92. The first-order valence-electron chi connectivity index (χ1n) is 3.46. The number of carbonyl (C=O) groups excluding carboxylic acids is 1. The summed E-state index contributed by atoms with van der Waals surface area (Å²) < 4.78 is 0. The number of anilines is 1. The molecule has 0 aromatic carbocycles. The van der Waals surface area contributed by atoms with Crippen molar-refractivity contribution in [1.29, 1.82) is 0 Å². The number of hydrogen-bond donors (Lipinski definition) is 3. The van der Waals surface area contributed by atoms with E-state index in [1.54, 1.807) is 12.1 Å². The number of hydrazone groups is 1. The highest BCUT2D eigenvalue weighted by Crippen LogP contribution is 2.03. The van der Waals surface area contributed by atoms with E-state index in [2.05, 4.69) is 22.2 Å². The topological polar surface area (TPSA) is 92.4 Å². The summed E-state index contributed by atoms with van der Waals surface area (Å²) in [6, 6.07) is 3.17. The molecule has 0 saturated heterocycles. The fourth-order valence-corrected chi connectivity index (χ4v) is 0.759. The van der Waals surface area contributed by atoms with E-state index in [1.165, 1.54) is 6.20 Å². The number of nitrogens with zero attached hydrogens (tertiary/aromatic N) is 2. The summed E-state index contributed by atoms with van der Waals surface area (Å²) in [6.45, 7) is 3.23. The lowest BCUT2D eigenvalue weighted by Crippen LogP contribution is -2.30. The van der Waals surface area contributed by atoms with E-state index in [9.17, 15) is 4.79 Å². The summed E-state index contributed by atoms with van der Waals surface area (Å²) in [5.74, 6) is 5.06. The molecule has 4 N–H and O–H groups in total. The van der Waals surface area contributed by atoms with E-state index in [1.807, 2.05) is 5.43 Å². The van der Waals surface area contributed by atoms with E-state index in [0.29, 0.717) is 11.4 Å². The van der Waals surface area contributed by atoms with Crippen LogP contribution in [0.3, 0.4) is 0 Å². The lowest BCUT2D eigenvalue weighted by molar-refractivity contribution is 0.0953. The number of rotatable bonds is 3. The molecule has 0 radical (unpaired) electrons. The largest absolute Gasteiger partial charge is 0.290 e. The van der Waals surface area contributed by atoms with Gasteiger partial charge in [0, 0.05) is 12.9 Å². The monoisotopic (exact) mass is 179 g/mol. The first kappa shape index (κ1) is 9.14. The summed E-state index contributed by atoms with van der Waals surface area (Å²) in [4.78, 5) is 14.8. The third-order valence-corrected chi connectivity index (χ3v) is 1.35. The zero-order chi connectivity index (χ0) is 9.68. The molecule has 68 valence electrons. The van der Waals surface area contributed by atoms with Gasteiger partial charge in [-0.15, -0.1) is 0 Å². The Morgan fingerprint density at radius 2 is 2.38 bits per heavy atom. The Kier molecular flexibility index (Phi) is 2.93. The third-order valence-electron chi connectivity index (χ3n) is 1.35. The zero-order valence-electron chi connectivity index (χ0n) is 6.82. The highest BCUT2D eigenvalue weighted by Gasteiger charge is 2.02. The van der Waals surface area contributed by atoms with Gasteiger partial charge in [-0.1, -0.05) is 0 Å². The Balaban J connectivity index is 2.80. The predicted octanol–water partition coefficient (Wildman–Crippen LogP) is -0.287. The van der Waals surface area contributed by atoms with Crippen LogP contribution in [0.4, 0.5) is 5.82 Å². The molecular weight excluding hydrogens is 170 g/mol. The van der Waals surface area contributed by atoms with Crippen LogP contribution in [0.2, 0.25) is 0 Å². The second kappa shape index (κ2) is 4.17. The molecule has 13 heavy (non-hydrogen) atoms. The van der Waals surface area contributed by atoms with Crippen molar-refractivity contribution >= 4 is 18.4 Å². The van der Waals surface area contributed by atoms with Crippen LogP contribution >= 0.6 is 0 Å². The van der Waals surface area contributed by atoms with Crippen LogP contribution in [0, 0.1) is 0 Å². The Labute approximate surface area is 74.8 Å². The Morgan fingerprint density at radius 3 is 2.85 bits per heavy atom. The van der Waals surface area contributed by atoms with Crippen molar-refractivity contribution in [2.75, 3.05) is 5.43 Å². The van der Waals surface area contributed by atoms with Crippen LogP contribution in [0.25, 0.3) is 0 Å². The quantitative estimate of drug-likeness (QED) is 0.257. The molecule has 0 spiro atoms. The summed E-state index contributed by atoms with van der Waals surface area (Å²) in [7, 11) is 0. The van der Waals surface area contributed by atoms with Crippen LogP contribution in [0.5, 0.6) is 0 Å². The number of nitrogen functional groups attached to an aromatic ring is 1. The summed E-state index contributed by atoms with van der Waals surface area (Å²) >= 11 is 0. The molecule has 0 bridgehead atoms. The summed E-state index contributed by atoms with van der Waals surface area (Å²) in [5, 5.41) is 3.41. The van der Waals surface area contributed by atoms with E-state index < -0.39 is 0 Å². The van der Waals surface area contributed by atoms with Crippen LogP contribution in [-0.2, 0) is 0 Å². The van der Waals surface area contributed by atoms with Gasteiger partial charge in [0.2, 0.25) is 0 Å². The van der Waals surface area contributed by atoms with Gasteiger partial charge in [0.1, 0.15) is 5.82 Å². The second-order valence-corrected chi connectivity index (χ2v) is 2.18. The van der Waals surface area contributed by atoms with E-state index in [4.69, 9.17) is 5.84 Å². The number of pyridine rings is 1. The third kappa shape index (κ3) is 2.24. The highest BCUT2D eigenvalue weighted by molar-refractivity contribution is 5.93. The van der Waals surface area contributed by atoms with Gasteiger partial charge in [0.15, 0.2) is 0 Å². The molecule has 6 heteroatoms. The van der Waals surface area contributed by atoms with Crippen molar-refractivity contribution in [2.45, 2.75) is 0 Å². The van der Waals surface area contributed by atoms with Crippen molar-refractivity contribution in [2.24, 2.45) is 10.9 Å². The van der Waals surface area contributed by atoms with Gasteiger partial charge in [0.05, 0.1) is 5.56 Å². The minimum Gasteiger partial charge on any atom is -0.290 e. The minimum atomic E-state index is -0.384. The van der Waals surface area contributed by atoms with Gasteiger partial charge in [-0.2, -0.15) is 5.10 Å². The molecule has 0 atom stereocenters. The number of nitrogens with two attached hydrogens (primary N) is 1. The molecule has 1 amide bonds. The van der Waals surface area contributed by atoms with Gasteiger partial charge >= 0.3 is 0 Å². The van der Waals surface area contributed by atoms with E-state index in [-0.39, 0.29) is 5.91 Å². The van der Waals surface area contributed by atoms with Crippen LogP contribution in [-0.4, -0.2) is 17.6 Å². The van der Waals surface area contributed by atoms with E-state index >= 15 is 0 Å². The maximum Gasteiger partial charge on any atom is 0.266 e. The fraction of sp³-hybridized carbons (Fsp3) is 0. The average Bonchev–Trinajstić information content (AvgIpc) is 2.18. The van der Waals surface area contributed by atoms with Crippen molar-refractivity contribution in [3.8, 4) is 0 Å². The number of carbonyl (C=O) groups is 1.